The Morgan fingerprint density at radius 3 is 2.71 bits per heavy atom. The molecule has 4 rings (SSSR count). The highest BCUT2D eigenvalue weighted by Crippen LogP contribution is 2.34. The van der Waals surface area contributed by atoms with Gasteiger partial charge in [-0.3, -0.25) is 19.0 Å². The molecule has 0 aliphatic carbocycles. The Kier molecular flexibility index (Phi) is 4.94. The van der Waals surface area contributed by atoms with Gasteiger partial charge in [0, 0.05) is 18.3 Å². The highest BCUT2D eigenvalue weighted by Gasteiger charge is 2.26. The van der Waals surface area contributed by atoms with E-state index in [0.717, 1.165) is 22.2 Å². The molecule has 3 aromatic rings. The number of hydrogen-bond acceptors (Lipinski definition) is 6. The van der Waals surface area contributed by atoms with Crippen LogP contribution in [0.3, 0.4) is 0 Å². The molecule has 3 heterocycles. The largest absolute Gasteiger partial charge is 0.369 e. The maximum Gasteiger partial charge on any atom is 0.267 e. The molecule has 144 valence electrons. The summed E-state index contributed by atoms with van der Waals surface area (Å²) in [6, 6.07) is 9.24. The second-order valence-corrected chi connectivity index (χ2v) is 8.53. The smallest absolute Gasteiger partial charge is 0.267 e. The van der Waals surface area contributed by atoms with Crippen molar-refractivity contribution in [3.8, 4) is 5.69 Å². The molecule has 1 aliphatic rings. The Bertz CT molecular complexity index is 1140. The molecule has 2 amide bonds. The maximum absolute atomic E-state index is 13.5. The minimum atomic E-state index is -0.471. The van der Waals surface area contributed by atoms with Gasteiger partial charge in [-0.2, -0.15) is 0 Å². The van der Waals surface area contributed by atoms with Gasteiger partial charge in [-0.15, -0.1) is 11.3 Å². The van der Waals surface area contributed by atoms with Crippen LogP contribution in [0.5, 0.6) is 0 Å². The predicted molar refractivity (Wildman–Crippen MR) is 110 cm³/mol. The van der Waals surface area contributed by atoms with Gasteiger partial charge >= 0.3 is 0 Å². The fourth-order valence-electron chi connectivity index (χ4n) is 3.33. The Labute approximate surface area is 169 Å². The third kappa shape index (κ3) is 3.31. The molecule has 0 saturated carbocycles. The molecule has 0 fully saturated rings. The SMILES string of the molecule is CC(=O)N1CCc2c(sc3nc(SCC(N)=O)n(-c4ccccc4)c(=O)c23)C1. The molecule has 2 aromatic heterocycles. The van der Waals surface area contributed by atoms with Crippen LogP contribution in [0.15, 0.2) is 40.3 Å². The minimum Gasteiger partial charge on any atom is -0.369 e. The molecule has 0 spiro atoms. The first kappa shape index (κ1) is 18.7. The van der Waals surface area contributed by atoms with Crippen LogP contribution in [0.25, 0.3) is 15.9 Å². The van der Waals surface area contributed by atoms with E-state index in [0.29, 0.717) is 40.6 Å². The molecule has 28 heavy (non-hydrogen) atoms. The molecule has 1 aliphatic heterocycles. The van der Waals surface area contributed by atoms with E-state index < -0.39 is 5.91 Å². The number of carbonyl (C=O) groups excluding carboxylic acids is 2. The summed E-state index contributed by atoms with van der Waals surface area (Å²) in [6.07, 6.45) is 0.633. The van der Waals surface area contributed by atoms with Crippen LogP contribution in [-0.2, 0) is 22.6 Å². The number of nitrogens with zero attached hydrogens (tertiary/aromatic N) is 3. The lowest BCUT2D eigenvalue weighted by Crippen LogP contribution is -2.34. The fourth-order valence-corrected chi connectivity index (χ4v) is 5.36. The number of hydrogen-bond donors (Lipinski definition) is 1. The number of carbonyl (C=O) groups is 2. The number of primary amides is 1. The summed E-state index contributed by atoms with van der Waals surface area (Å²) in [5, 5.41) is 1.04. The number of benzene rings is 1. The van der Waals surface area contributed by atoms with Crippen molar-refractivity contribution in [1.82, 2.24) is 14.5 Å². The van der Waals surface area contributed by atoms with Gasteiger partial charge in [-0.1, -0.05) is 30.0 Å². The van der Waals surface area contributed by atoms with E-state index in [-0.39, 0.29) is 17.2 Å². The number of para-hydroxylation sites is 1. The number of fused-ring (bicyclic) bond motifs is 3. The van der Waals surface area contributed by atoms with Crippen LogP contribution in [0.4, 0.5) is 0 Å². The van der Waals surface area contributed by atoms with E-state index in [2.05, 4.69) is 0 Å². The average molecular weight is 415 g/mol. The Balaban J connectivity index is 1.92. The van der Waals surface area contributed by atoms with Crippen LogP contribution < -0.4 is 11.3 Å². The highest BCUT2D eigenvalue weighted by molar-refractivity contribution is 7.99. The standard InChI is InChI=1S/C19H18N4O3S2/c1-11(24)22-8-7-13-14(9-22)28-17-16(13)18(26)23(12-5-3-2-4-6-12)19(21-17)27-10-15(20)25/h2-6H,7-10H2,1H3,(H2,20,25). The van der Waals surface area contributed by atoms with Crippen LogP contribution in [0.1, 0.15) is 17.4 Å². The fraction of sp³-hybridized carbons (Fsp3) is 0.263. The van der Waals surface area contributed by atoms with Crippen LogP contribution >= 0.6 is 23.1 Å². The number of thioether (sulfide) groups is 1. The topological polar surface area (TPSA) is 98.3 Å². The number of thiophene rings is 1. The molecular formula is C19H18N4O3S2. The van der Waals surface area contributed by atoms with Gasteiger partial charge in [-0.05, 0) is 24.1 Å². The molecule has 2 N–H and O–H groups in total. The zero-order valence-corrected chi connectivity index (χ0v) is 16.8. The molecule has 7 nitrogen and oxygen atoms in total. The minimum absolute atomic E-state index is 0.0236. The first-order valence-electron chi connectivity index (χ1n) is 8.75. The van der Waals surface area contributed by atoms with Gasteiger partial charge in [0.25, 0.3) is 5.56 Å². The quantitative estimate of drug-likeness (QED) is 0.520. The lowest BCUT2D eigenvalue weighted by Gasteiger charge is -2.25. The van der Waals surface area contributed by atoms with E-state index in [1.165, 1.54) is 11.3 Å². The second kappa shape index (κ2) is 7.40. The highest BCUT2D eigenvalue weighted by atomic mass is 32.2. The van der Waals surface area contributed by atoms with E-state index in [9.17, 15) is 14.4 Å². The Morgan fingerprint density at radius 1 is 1.29 bits per heavy atom. The lowest BCUT2D eigenvalue weighted by molar-refractivity contribution is -0.129. The first-order chi connectivity index (χ1) is 13.5. The summed E-state index contributed by atoms with van der Waals surface area (Å²) in [5.41, 5.74) is 6.81. The number of aromatic nitrogens is 2. The van der Waals surface area contributed by atoms with Crippen LogP contribution in [0, 0.1) is 0 Å². The molecule has 0 saturated heterocycles. The molecule has 9 heteroatoms. The Hall–Kier alpha value is -2.65. The normalized spacial score (nSPS) is 13.5. The average Bonchev–Trinajstić information content (AvgIpc) is 3.04. The van der Waals surface area contributed by atoms with Crippen molar-refractivity contribution < 1.29 is 9.59 Å². The van der Waals surface area contributed by atoms with Crippen molar-refractivity contribution in [3.63, 3.8) is 0 Å². The van der Waals surface area contributed by atoms with Gasteiger partial charge in [0.1, 0.15) is 4.83 Å². The zero-order valence-electron chi connectivity index (χ0n) is 15.2. The first-order valence-corrected chi connectivity index (χ1v) is 10.5. The molecule has 0 radical (unpaired) electrons. The van der Waals surface area contributed by atoms with E-state index in [4.69, 9.17) is 10.7 Å². The Morgan fingerprint density at radius 2 is 2.04 bits per heavy atom. The molecular weight excluding hydrogens is 396 g/mol. The van der Waals surface area contributed by atoms with Crippen molar-refractivity contribution in [2.45, 2.75) is 25.0 Å². The van der Waals surface area contributed by atoms with Crippen molar-refractivity contribution in [3.05, 3.63) is 51.1 Å². The van der Waals surface area contributed by atoms with Gasteiger partial charge in [-0.25, -0.2) is 4.98 Å². The molecule has 1 aromatic carbocycles. The monoisotopic (exact) mass is 414 g/mol. The lowest BCUT2D eigenvalue weighted by atomic mass is 10.1. The maximum atomic E-state index is 13.5. The summed E-state index contributed by atoms with van der Waals surface area (Å²) < 4.78 is 1.54. The van der Waals surface area contributed by atoms with E-state index in [1.54, 1.807) is 16.4 Å². The summed E-state index contributed by atoms with van der Waals surface area (Å²) in [4.78, 5) is 44.6. The number of rotatable bonds is 4. The van der Waals surface area contributed by atoms with Crippen LogP contribution in [-0.4, -0.2) is 38.6 Å². The van der Waals surface area contributed by atoms with E-state index >= 15 is 0 Å². The second-order valence-electron chi connectivity index (χ2n) is 6.50. The summed E-state index contributed by atoms with van der Waals surface area (Å²) in [5.74, 6) is -0.412. The van der Waals surface area contributed by atoms with Gasteiger partial charge in [0.2, 0.25) is 11.8 Å². The van der Waals surface area contributed by atoms with Gasteiger partial charge in [0.05, 0.1) is 23.4 Å². The predicted octanol–water partition coefficient (Wildman–Crippen LogP) is 1.93. The van der Waals surface area contributed by atoms with Crippen molar-refractivity contribution in [2.75, 3.05) is 12.3 Å². The number of nitrogens with two attached hydrogens (primary N) is 1. The van der Waals surface area contributed by atoms with E-state index in [1.807, 2.05) is 30.3 Å². The van der Waals surface area contributed by atoms with Gasteiger partial charge < -0.3 is 10.6 Å². The molecule has 0 bridgehead atoms. The van der Waals surface area contributed by atoms with Crippen LogP contribution in [0.2, 0.25) is 0 Å². The molecule has 0 atom stereocenters. The summed E-state index contributed by atoms with van der Waals surface area (Å²) >= 11 is 2.59. The summed E-state index contributed by atoms with van der Waals surface area (Å²) in [6.45, 7) is 2.65. The summed E-state index contributed by atoms with van der Waals surface area (Å²) in [7, 11) is 0. The third-order valence-corrected chi connectivity index (χ3v) is 6.72. The van der Waals surface area contributed by atoms with Crippen molar-refractivity contribution in [2.24, 2.45) is 5.73 Å². The molecule has 0 unspecified atom stereocenters. The number of amides is 2. The van der Waals surface area contributed by atoms with Gasteiger partial charge in [0.15, 0.2) is 5.16 Å². The third-order valence-electron chi connectivity index (χ3n) is 4.65. The zero-order chi connectivity index (χ0) is 19.8. The van der Waals surface area contributed by atoms with Crippen molar-refractivity contribution >= 4 is 45.1 Å². The van der Waals surface area contributed by atoms with Crippen molar-refractivity contribution in [1.29, 1.82) is 0 Å².